The molecule has 0 aliphatic carbocycles. The normalized spacial score (nSPS) is 11.8. The monoisotopic (exact) mass is 277 g/mol. The molecule has 1 aromatic heterocycles. The van der Waals surface area contributed by atoms with Crippen molar-refractivity contribution in [3.63, 3.8) is 0 Å². The van der Waals surface area contributed by atoms with Crippen LogP contribution in [0.25, 0.3) is 5.69 Å². The van der Waals surface area contributed by atoms with Crippen LogP contribution in [0.4, 0.5) is 13.2 Å². The molecule has 1 N–H and O–H groups in total. The maximum atomic E-state index is 12.9. The average Bonchev–Trinajstić information content (AvgIpc) is 2.75. The largest absolute Gasteiger partial charge is 0.418 e. The van der Waals surface area contributed by atoms with Crippen molar-refractivity contribution in [2.24, 2.45) is 0 Å². The van der Waals surface area contributed by atoms with E-state index in [-0.39, 0.29) is 16.5 Å². The van der Waals surface area contributed by atoms with Gasteiger partial charge in [0.05, 0.1) is 11.3 Å². The van der Waals surface area contributed by atoms with Crippen LogP contribution >= 0.6 is 11.6 Å². The SMILES string of the molecule is OCc1nncn1-c1ccc(Cl)cc1C(F)(F)F. The van der Waals surface area contributed by atoms with E-state index in [9.17, 15) is 13.2 Å². The second-order valence-corrected chi connectivity index (χ2v) is 3.87. The molecule has 0 aliphatic heterocycles. The van der Waals surface area contributed by atoms with Crippen molar-refractivity contribution in [3.8, 4) is 5.69 Å². The first-order valence-electron chi connectivity index (χ1n) is 4.80. The molecular formula is C10H7ClF3N3O. The number of hydrogen-bond acceptors (Lipinski definition) is 3. The first-order chi connectivity index (χ1) is 8.43. The van der Waals surface area contributed by atoms with Gasteiger partial charge in [-0.05, 0) is 18.2 Å². The lowest BCUT2D eigenvalue weighted by molar-refractivity contribution is -0.137. The van der Waals surface area contributed by atoms with E-state index in [1.165, 1.54) is 12.1 Å². The van der Waals surface area contributed by atoms with Crippen molar-refractivity contribution in [2.75, 3.05) is 0 Å². The van der Waals surface area contributed by atoms with Crippen molar-refractivity contribution in [3.05, 3.63) is 40.9 Å². The Morgan fingerprint density at radius 1 is 1.33 bits per heavy atom. The summed E-state index contributed by atoms with van der Waals surface area (Å²) in [5, 5.41) is 15.9. The lowest BCUT2D eigenvalue weighted by Crippen LogP contribution is -2.12. The Hall–Kier alpha value is -1.60. The molecule has 2 aromatic rings. The average molecular weight is 278 g/mol. The fraction of sp³-hybridized carbons (Fsp3) is 0.200. The van der Waals surface area contributed by atoms with Crippen LogP contribution in [-0.2, 0) is 12.8 Å². The van der Waals surface area contributed by atoms with Crippen LogP contribution < -0.4 is 0 Å². The van der Waals surface area contributed by atoms with Gasteiger partial charge in [0.25, 0.3) is 0 Å². The highest BCUT2D eigenvalue weighted by Crippen LogP contribution is 2.35. The van der Waals surface area contributed by atoms with Crippen LogP contribution in [0, 0.1) is 0 Å². The zero-order valence-corrected chi connectivity index (χ0v) is 9.57. The third-order valence-corrected chi connectivity index (χ3v) is 2.52. The molecular weight excluding hydrogens is 271 g/mol. The molecule has 4 nitrogen and oxygen atoms in total. The number of alkyl halides is 3. The Morgan fingerprint density at radius 2 is 2.06 bits per heavy atom. The second kappa shape index (κ2) is 4.58. The van der Waals surface area contributed by atoms with Gasteiger partial charge >= 0.3 is 6.18 Å². The minimum atomic E-state index is -4.56. The van der Waals surface area contributed by atoms with Crippen molar-refractivity contribution in [2.45, 2.75) is 12.8 Å². The summed E-state index contributed by atoms with van der Waals surface area (Å²) < 4.78 is 39.7. The standard InChI is InChI=1S/C10H7ClF3N3O/c11-6-1-2-8(7(3-6)10(12,13)14)17-5-15-16-9(17)4-18/h1-3,5,18H,4H2. The predicted octanol–water partition coefficient (Wildman–Crippen LogP) is 2.43. The van der Waals surface area contributed by atoms with Gasteiger partial charge in [0.1, 0.15) is 12.9 Å². The molecule has 8 heteroatoms. The molecule has 1 aromatic carbocycles. The molecule has 0 fully saturated rings. The minimum Gasteiger partial charge on any atom is -0.388 e. The number of nitrogens with zero attached hydrogens (tertiary/aromatic N) is 3. The summed E-state index contributed by atoms with van der Waals surface area (Å²) >= 11 is 5.57. The van der Waals surface area contributed by atoms with E-state index in [0.717, 1.165) is 17.0 Å². The van der Waals surface area contributed by atoms with E-state index in [4.69, 9.17) is 16.7 Å². The Kier molecular flexibility index (Phi) is 3.27. The van der Waals surface area contributed by atoms with Gasteiger partial charge in [-0.15, -0.1) is 10.2 Å². The lowest BCUT2D eigenvalue weighted by atomic mass is 10.1. The van der Waals surface area contributed by atoms with Gasteiger partial charge in [-0.25, -0.2) is 0 Å². The van der Waals surface area contributed by atoms with Crippen molar-refractivity contribution < 1.29 is 18.3 Å². The molecule has 96 valence electrons. The summed E-state index contributed by atoms with van der Waals surface area (Å²) in [6.07, 6.45) is -3.46. The van der Waals surface area contributed by atoms with Crippen LogP contribution in [0.3, 0.4) is 0 Å². The summed E-state index contributed by atoms with van der Waals surface area (Å²) in [4.78, 5) is 0. The van der Waals surface area contributed by atoms with E-state index >= 15 is 0 Å². The topological polar surface area (TPSA) is 50.9 Å². The number of aromatic nitrogens is 3. The maximum absolute atomic E-state index is 12.9. The van der Waals surface area contributed by atoms with Gasteiger partial charge in [-0.3, -0.25) is 4.57 Å². The van der Waals surface area contributed by atoms with Crippen LogP contribution in [0.5, 0.6) is 0 Å². The summed E-state index contributed by atoms with van der Waals surface area (Å²) in [6, 6.07) is 3.35. The van der Waals surface area contributed by atoms with Gasteiger partial charge in [0.15, 0.2) is 5.82 Å². The Labute approximate surface area is 105 Å². The smallest absolute Gasteiger partial charge is 0.388 e. The summed E-state index contributed by atoms with van der Waals surface area (Å²) in [6.45, 7) is -0.514. The third kappa shape index (κ3) is 2.32. The molecule has 0 saturated heterocycles. The van der Waals surface area contributed by atoms with Gasteiger partial charge in [-0.2, -0.15) is 13.2 Å². The number of rotatable bonds is 2. The zero-order chi connectivity index (χ0) is 13.3. The number of hydrogen-bond donors (Lipinski definition) is 1. The molecule has 0 unspecified atom stereocenters. The van der Waals surface area contributed by atoms with Crippen molar-refractivity contribution in [1.29, 1.82) is 0 Å². The van der Waals surface area contributed by atoms with E-state index in [1.54, 1.807) is 0 Å². The predicted molar refractivity (Wildman–Crippen MR) is 57.3 cm³/mol. The highest BCUT2D eigenvalue weighted by atomic mass is 35.5. The summed E-state index contributed by atoms with van der Waals surface area (Å²) in [5.41, 5.74) is -1.09. The fourth-order valence-electron chi connectivity index (χ4n) is 1.51. The van der Waals surface area contributed by atoms with Crippen LogP contribution in [0.15, 0.2) is 24.5 Å². The van der Waals surface area contributed by atoms with Crippen LogP contribution in [0.2, 0.25) is 5.02 Å². The quantitative estimate of drug-likeness (QED) is 0.917. The van der Waals surface area contributed by atoms with Gasteiger partial charge in [-0.1, -0.05) is 11.6 Å². The molecule has 0 aliphatic rings. The van der Waals surface area contributed by atoms with Gasteiger partial charge in [0.2, 0.25) is 0 Å². The zero-order valence-electron chi connectivity index (χ0n) is 8.82. The minimum absolute atomic E-state index is 0.0165. The van der Waals surface area contributed by atoms with Crippen LogP contribution in [0.1, 0.15) is 11.4 Å². The van der Waals surface area contributed by atoms with Crippen molar-refractivity contribution in [1.82, 2.24) is 14.8 Å². The number of aliphatic hydroxyl groups is 1. The molecule has 0 amide bonds. The van der Waals surface area contributed by atoms with E-state index in [1.807, 2.05) is 0 Å². The number of halogens is 4. The van der Waals surface area contributed by atoms with E-state index in [2.05, 4.69) is 10.2 Å². The molecule has 2 rings (SSSR count). The summed E-state index contributed by atoms with van der Waals surface area (Å²) in [5.74, 6) is 0.0165. The van der Waals surface area contributed by atoms with Gasteiger partial charge < -0.3 is 5.11 Å². The molecule has 0 bridgehead atoms. The molecule has 0 radical (unpaired) electrons. The lowest BCUT2D eigenvalue weighted by Gasteiger charge is -2.14. The molecule has 18 heavy (non-hydrogen) atoms. The fourth-order valence-corrected chi connectivity index (χ4v) is 1.69. The Morgan fingerprint density at radius 3 is 2.67 bits per heavy atom. The second-order valence-electron chi connectivity index (χ2n) is 3.43. The number of aliphatic hydroxyl groups excluding tert-OH is 1. The first kappa shape index (κ1) is 12.8. The third-order valence-electron chi connectivity index (χ3n) is 2.28. The Bertz CT molecular complexity index is 568. The van der Waals surface area contributed by atoms with Gasteiger partial charge in [0, 0.05) is 5.02 Å². The van der Waals surface area contributed by atoms with E-state index in [0.29, 0.717) is 0 Å². The Balaban J connectivity index is 2.65. The van der Waals surface area contributed by atoms with Crippen LogP contribution in [-0.4, -0.2) is 19.9 Å². The molecule has 1 heterocycles. The highest BCUT2D eigenvalue weighted by Gasteiger charge is 2.34. The molecule has 0 saturated carbocycles. The number of benzene rings is 1. The van der Waals surface area contributed by atoms with E-state index < -0.39 is 18.3 Å². The summed E-state index contributed by atoms with van der Waals surface area (Å²) in [7, 11) is 0. The molecule has 0 spiro atoms. The maximum Gasteiger partial charge on any atom is 0.418 e. The highest BCUT2D eigenvalue weighted by molar-refractivity contribution is 6.30. The first-order valence-corrected chi connectivity index (χ1v) is 5.18. The van der Waals surface area contributed by atoms with Crippen molar-refractivity contribution >= 4 is 11.6 Å². The molecule has 0 atom stereocenters.